The van der Waals surface area contributed by atoms with Gasteiger partial charge in [-0.3, -0.25) is 0 Å². The first kappa shape index (κ1) is 10.5. The van der Waals surface area contributed by atoms with Crippen molar-refractivity contribution < 1.29 is 19.4 Å². The second-order valence-corrected chi connectivity index (χ2v) is 3.51. The van der Waals surface area contributed by atoms with E-state index in [1.54, 1.807) is 18.2 Å². The zero-order valence-corrected chi connectivity index (χ0v) is 8.84. The molecule has 4 nitrogen and oxygen atoms in total. The molecule has 1 N–H and O–H groups in total. The molecule has 1 heterocycles. The Morgan fingerprint density at radius 3 is 3.12 bits per heavy atom. The van der Waals surface area contributed by atoms with E-state index in [4.69, 9.17) is 14.6 Å². The highest BCUT2D eigenvalue weighted by Gasteiger charge is 2.13. The van der Waals surface area contributed by atoms with Crippen LogP contribution in [-0.2, 0) is 4.79 Å². The van der Waals surface area contributed by atoms with E-state index in [1.165, 1.54) is 6.92 Å². The molecule has 0 radical (unpaired) electrons. The number of hydrogen-bond donors (Lipinski definition) is 1. The summed E-state index contributed by atoms with van der Waals surface area (Å²) >= 11 is 0. The third-order valence-corrected chi connectivity index (χ3v) is 2.27. The molecule has 0 aliphatic carbocycles. The van der Waals surface area contributed by atoms with Crippen LogP contribution < -0.4 is 9.47 Å². The highest BCUT2D eigenvalue weighted by molar-refractivity contribution is 5.72. The maximum atomic E-state index is 10.6. The lowest BCUT2D eigenvalue weighted by Crippen LogP contribution is -2.22. The highest BCUT2D eigenvalue weighted by Crippen LogP contribution is 2.28. The smallest absolute Gasteiger partial charge is 0.344 e. The van der Waals surface area contributed by atoms with Crippen molar-refractivity contribution in [3.63, 3.8) is 0 Å². The number of hydrogen-bond acceptors (Lipinski definition) is 3. The van der Waals surface area contributed by atoms with Gasteiger partial charge >= 0.3 is 5.97 Å². The third kappa shape index (κ3) is 2.16. The summed E-state index contributed by atoms with van der Waals surface area (Å²) in [5.74, 6) is 0.339. The van der Waals surface area contributed by atoms with Gasteiger partial charge in [-0.15, -0.1) is 0 Å². The number of ether oxygens (including phenoxy) is 2. The average Bonchev–Trinajstić information content (AvgIpc) is 2.28. The van der Waals surface area contributed by atoms with Gasteiger partial charge in [0.05, 0.1) is 0 Å². The second kappa shape index (κ2) is 4.26. The minimum Gasteiger partial charge on any atom is -0.489 e. The first-order valence-electron chi connectivity index (χ1n) is 4.99. The Labute approximate surface area is 93.1 Å². The minimum absolute atomic E-state index is 0.531. The Balaban J connectivity index is 2.18. The molecule has 84 valence electrons. The summed E-state index contributed by atoms with van der Waals surface area (Å²) in [5, 5.41) is 8.72. The quantitative estimate of drug-likeness (QED) is 0.845. The van der Waals surface area contributed by atoms with E-state index < -0.39 is 12.1 Å². The van der Waals surface area contributed by atoms with Gasteiger partial charge in [-0.1, -0.05) is 6.08 Å². The molecule has 1 aliphatic rings. The number of carboxylic acids is 1. The molecule has 0 saturated heterocycles. The van der Waals surface area contributed by atoms with Crippen LogP contribution in [0.25, 0.3) is 6.08 Å². The fourth-order valence-electron chi connectivity index (χ4n) is 1.43. The first-order chi connectivity index (χ1) is 7.66. The van der Waals surface area contributed by atoms with Crippen molar-refractivity contribution in [3.05, 3.63) is 29.8 Å². The van der Waals surface area contributed by atoms with E-state index in [1.807, 2.05) is 12.2 Å². The molecule has 0 amide bonds. The number of carbonyl (C=O) groups is 1. The lowest BCUT2D eigenvalue weighted by molar-refractivity contribution is -0.144. The van der Waals surface area contributed by atoms with Crippen LogP contribution in [0, 0.1) is 0 Å². The van der Waals surface area contributed by atoms with E-state index in [2.05, 4.69) is 0 Å². The molecular weight excluding hydrogens is 208 g/mol. The summed E-state index contributed by atoms with van der Waals surface area (Å²) in [4.78, 5) is 10.6. The third-order valence-electron chi connectivity index (χ3n) is 2.27. The molecule has 1 aliphatic heterocycles. The fraction of sp³-hybridized carbons (Fsp3) is 0.250. The van der Waals surface area contributed by atoms with Crippen LogP contribution >= 0.6 is 0 Å². The van der Waals surface area contributed by atoms with Gasteiger partial charge in [-0.25, -0.2) is 4.79 Å². The number of benzene rings is 1. The molecule has 1 atom stereocenters. The van der Waals surface area contributed by atoms with Crippen LogP contribution in [0.1, 0.15) is 12.5 Å². The second-order valence-electron chi connectivity index (χ2n) is 3.51. The Bertz CT molecular complexity index is 437. The van der Waals surface area contributed by atoms with Crippen LogP contribution in [0.15, 0.2) is 24.3 Å². The lowest BCUT2D eigenvalue weighted by Gasteiger charge is -2.15. The zero-order chi connectivity index (χ0) is 11.5. The average molecular weight is 220 g/mol. The van der Waals surface area contributed by atoms with E-state index in [0.717, 1.165) is 11.3 Å². The first-order valence-corrected chi connectivity index (χ1v) is 4.99. The summed E-state index contributed by atoms with van der Waals surface area (Å²) < 4.78 is 10.6. The van der Waals surface area contributed by atoms with Crippen molar-refractivity contribution in [2.24, 2.45) is 0 Å². The van der Waals surface area contributed by atoms with E-state index >= 15 is 0 Å². The number of carboxylic acid groups (broad SMARTS) is 1. The van der Waals surface area contributed by atoms with Crippen molar-refractivity contribution in [2.45, 2.75) is 13.0 Å². The molecule has 1 unspecified atom stereocenters. The number of rotatable bonds is 3. The molecule has 0 spiro atoms. The van der Waals surface area contributed by atoms with Gasteiger partial charge in [0.1, 0.15) is 18.1 Å². The molecule has 0 saturated carbocycles. The van der Waals surface area contributed by atoms with E-state index in [-0.39, 0.29) is 0 Å². The van der Waals surface area contributed by atoms with Crippen molar-refractivity contribution in [2.75, 3.05) is 6.61 Å². The van der Waals surface area contributed by atoms with E-state index in [9.17, 15) is 4.79 Å². The molecule has 1 aromatic rings. The zero-order valence-electron chi connectivity index (χ0n) is 8.84. The summed E-state index contributed by atoms with van der Waals surface area (Å²) in [6.07, 6.45) is 2.97. The molecule has 4 heteroatoms. The van der Waals surface area contributed by atoms with Crippen molar-refractivity contribution in [1.29, 1.82) is 0 Å². The Hall–Kier alpha value is -1.97. The molecule has 0 fully saturated rings. The van der Waals surface area contributed by atoms with Gasteiger partial charge < -0.3 is 14.6 Å². The fourth-order valence-corrected chi connectivity index (χ4v) is 1.43. The van der Waals surface area contributed by atoms with Gasteiger partial charge in [-0.2, -0.15) is 0 Å². The Kier molecular flexibility index (Phi) is 2.81. The molecule has 16 heavy (non-hydrogen) atoms. The SMILES string of the molecule is CC(Oc1ccc2c(c1)C=CCO2)C(=O)O. The number of aliphatic carboxylic acids is 1. The van der Waals surface area contributed by atoms with Gasteiger partial charge in [0, 0.05) is 5.56 Å². The number of fused-ring (bicyclic) bond motifs is 1. The maximum Gasteiger partial charge on any atom is 0.344 e. The van der Waals surface area contributed by atoms with Crippen molar-refractivity contribution >= 4 is 12.0 Å². The largest absolute Gasteiger partial charge is 0.489 e. The summed E-state index contributed by atoms with van der Waals surface area (Å²) in [5.41, 5.74) is 0.904. The summed E-state index contributed by atoms with van der Waals surface area (Å²) in [6, 6.07) is 5.25. The summed E-state index contributed by atoms with van der Waals surface area (Å²) in [6.45, 7) is 2.06. The van der Waals surface area contributed by atoms with Crippen molar-refractivity contribution in [1.82, 2.24) is 0 Å². The Morgan fingerprint density at radius 1 is 1.56 bits per heavy atom. The van der Waals surface area contributed by atoms with Gasteiger partial charge in [0.15, 0.2) is 6.10 Å². The van der Waals surface area contributed by atoms with Gasteiger partial charge in [0.2, 0.25) is 0 Å². The predicted octanol–water partition coefficient (Wildman–Crippen LogP) is 1.94. The monoisotopic (exact) mass is 220 g/mol. The minimum atomic E-state index is -0.982. The van der Waals surface area contributed by atoms with Crippen LogP contribution in [0.4, 0.5) is 0 Å². The molecular formula is C12H12O4. The normalized spacial score (nSPS) is 14.8. The molecule has 0 bridgehead atoms. The molecule has 0 aromatic heterocycles. The van der Waals surface area contributed by atoms with Crippen molar-refractivity contribution in [3.8, 4) is 11.5 Å². The summed E-state index contributed by atoms with van der Waals surface area (Å²) in [7, 11) is 0. The van der Waals surface area contributed by atoms with Gasteiger partial charge in [-0.05, 0) is 31.2 Å². The van der Waals surface area contributed by atoms with Crippen LogP contribution in [0.2, 0.25) is 0 Å². The topological polar surface area (TPSA) is 55.8 Å². The lowest BCUT2D eigenvalue weighted by atomic mass is 10.1. The van der Waals surface area contributed by atoms with Crippen LogP contribution in [0.5, 0.6) is 11.5 Å². The Morgan fingerprint density at radius 2 is 2.38 bits per heavy atom. The van der Waals surface area contributed by atoms with Crippen LogP contribution in [0.3, 0.4) is 0 Å². The van der Waals surface area contributed by atoms with Crippen LogP contribution in [-0.4, -0.2) is 23.8 Å². The highest BCUT2D eigenvalue weighted by atomic mass is 16.5. The maximum absolute atomic E-state index is 10.6. The predicted molar refractivity (Wildman–Crippen MR) is 58.7 cm³/mol. The van der Waals surface area contributed by atoms with Gasteiger partial charge in [0.25, 0.3) is 0 Å². The molecule has 1 aromatic carbocycles. The standard InChI is InChI=1S/C12H12O4/c1-8(12(13)14)16-10-4-5-11-9(7-10)3-2-6-15-11/h2-5,7-8H,6H2,1H3,(H,13,14). The molecule has 2 rings (SSSR count). The van der Waals surface area contributed by atoms with E-state index in [0.29, 0.717) is 12.4 Å².